The molecule has 0 bridgehead atoms. The Bertz CT molecular complexity index is 570. The standard InChI is InChI=1S/C15H19N3O4/c1-4-8-16-15(21)17-13(19)10-22-14(20)11-6-5-7-12(9-11)18(2)3/h4-7,9H,1,8,10H2,2-3H3,(H2,16,17,19,21). The molecule has 0 saturated carbocycles. The van der Waals surface area contributed by atoms with E-state index in [9.17, 15) is 14.4 Å². The molecule has 0 aliphatic carbocycles. The van der Waals surface area contributed by atoms with Gasteiger partial charge in [-0.1, -0.05) is 12.1 Å². The van der Waals surface area contributed by atoms with E-state index in [1.165, 1.54) is 6.08 Å². The Kier molecular flexibility index (Phi) is 6.62. The van der Waals surface area contributed by atoms with Crippen LogP contribution in [0.1, 0.15) is 10.4 Å². The van der Waals surface area contributed by atoms with Crippen LogP contribution in [0.2, 0.25) is 0 Å². The Morgan fingerprint density at radius 3 is 2.68 bits per heavy atom. The van der Waals surface area contributed by atoms with Gasteiger partial charge in [-0.05, 0) is 18.2 Å². The predicted octanol–water partition coefficient (Wildman–Crippen LogP) is 0.921. The highest BCUT2D eigenvalue weighted by Crippen LogP contribution is 2.14. The molecule has 1 aromatic carbocycles. The van der Waals surface area contributed by atoms with Crippen LogP contribution < -0.4 is 15.5 Å². The molecule has 0 spiro atoms. The number of carbonyl (C=O) groups excluding carboxylic acids is 3. The van der Waals surface area contributed by atoms with E-state index < -0.39 is 24.5 Å². The second-order valence-electron chi connectivity index (χ2n) is 4.57. The van der Waals surface area contributed by atoms with Crippen molar-refractivity contribution in [3.8, 4) is 0 Å². The number of carbonyl (C=O) groups is 3. The van der Waals surface area contributed by atoms with Gasteiger partial charge in [-0.3, -0.25) is 10.1 Å². The highest BCUT2D eigenvalue weighted by Gasteiger charge is 2.12. The van der Waals surface area contributed by atoms with E-state index in [0.29, 0.717) is 5.56 Å². The molecule has 7 nitrogen and oxygen atoms in total. The van der Waals surface area contributed by atoms with E-state index in [1.54, 1.807) is 18.2 Å². The van der Waals surface area contributed by atoms with Crippen LogP contribution in [-0.2, 0) is 9.53 Å². The molecule has 1 aromatic rings. The summed E-state index contributed by atoms with van der Waals surface area (Å²) in [6.45, 7) is 3.12. The van der Waals surface area contributed by atoms with Gasteiger partial charge in [0.15, 0.2) is 6.61 Å². The third kappa shape index (κ3) is 5.66. The highest BCUT2D eigenvalue weighted by atomic mass is 16.5. The lowest BCUT2D eigenvalue weighted by Gasteiger charge is -2.13. The molecule has 0 fully saturated rings. The van der Waals surface area contributed by atoms with Crippen molar-refractivity contribution >= 4 is 23.6 Å². The second kappa shape index (κ2) is 8.46. The molecule has 7 heteroatoms. The molecule has 0 radical (unpaired) electrons. The summed E-state index contributed by atoms with van der Waals surface area (Å²) in [6.07, 6.45) is 1.47. The summed E-state index contributed by atoms with van der Waals surface area (Å²) in [5.41, 5.74) is 1.16. The smallest absolute Gasteiger partial charge is 0.338 e. The van der Waals surface area contributed by atoms with Crippen molar-refractivity contribution < 1.29 is 19.1 Å². The van der Waals surface area contributed by atoms with Crippen molar-refractivity contribution in [2.75, 3.05) is 32.1 Å². The first-order valence-corrected chi connectivity index (χ1v) is 6.57. The fourth-order valence-corrected chi connectivity index (χ4v) is 1.50. The van der Waals surface area contributed by atoms with Gasteiger partial charge in [0.05, 0.1) is 5.56 Å². The SMILES string of the molecule is C=CCNC(=O)NC(=O)COC(=O)c1cccc(N(C)C)c1. The maximum Gasteiger partial charge on any atom is 0.338 e. The average molecular weight is 305 g/mol. The lowest BCUT2D eigenvalue weighted by Crippen LogP contribution is -2.41. The van der Waals surface area contributed by atoms with Crippen molar-refractivity contribution in [2.45, 2.75) is 0 Å². The molecular weight excluding hydrogens is 286 g/mol. The van der Waals surface area contributed by atoms with E-state index in [4.69, 9.17) is 4.74 Å². The maximum atomic E-state index is 11.8. The van der Waals surface area contributed by atoms with Crippen LogP contribution in [0.5, 0.6) is 0 Å². The molecule has 1 rings (SSSR count). The minimum atomic E-state index is -0.710. The number of ether oxygens (including phenoxy) is 1. The molecule has 0 heterocycles. The summed E-state index contributed by atoms with van der Waals surface area (Å²) in [4.78, 5) is 36.3. The van der Waals surface area contributed by atoms with Crippen LogP contribution in [0.25, 0.3) is 0 Å². The summed E-state index contributed by atoms with van der Waals surface area (Å²) in [5, 5.41) is 4.40. The van der Waals surface area contributed by atoms with E-state index in [-0.39, 0.29) is 6.54 Å². The first-order valence-electron chi connectivity index (χ1n) is 6.57. The van der Waals surface area contributed by atoms with Crippen LogP contribution in [0.4, 0.5) is 10.5 Å². The largest absolute Gasteiger partial charge is 0.452 e. The van der Waals surface area contributed by atoms with Crippen LogP contribution in [-0.4, -0.2) is 45.2 Å². The highest BCUT2D eigenvalue weighted by molar-refractivity contribution is 5.97. The lowest BCUT2D eigenvalue weighted by atomic mass is 10.2. The zero-order valence-electron chi connectivity index (χ0n) is 12.6. The van der Waals surface area contributed by atoms with E-state index in [0.717, 1.165) is 5.69 Å². The number of hydrogen-bond acceptors (Lipinski definition) is 5. The van der Waals surface area contributed by atoms with Gasteiger partial charge < -0.3 is 15.0 Å². The Morgan fingerprint density at radius 2 is 2.05 bits per heavy atom. The normalized spacial score (nSPS) is 9.55. The van der Waals surface area contributed by atoms with Gasteiger partial charge in [-0.15, -0.1) is 6.58 Å². The van der Waals surface area contributed by atoms with Gasteiger partial charge in [0, 0.05) is 26.3 Å². The number of esters is 1. The third-order valence-corrected chi connectivity index (χ3v) is 2.59. The number of nitrogens with one attached hydrogen (secondary N) is 2. The molecule has 0 unspecified atom stereocenters. The van der Waals surface area contributed by atoms with Gasteiger partial charge in [0.1, 0.15) is 0 Å². The van der Waals surface area contributed by atoms with E-state index in [1.807, 2.05) is 30.4 Å². The number of urea groups is 1. The molecule has 2 N–H and O–H groups in total. The summed E-state index contributed by atoms with van der Waals surface area (Å²) in [7, 11) is 3.69. The van der Waals surface area contributed by atoms with Crippen LogP contribution in [0.15, 0.2) is 36.9 Å². The lowest BCUT2D eigenvalue weighted by molar-refractivity contribution is -0.123. The fourth-order valence-electron chi connectivity index (χ4n) is 1.50. The first kappa shape index (κ1) is 17.2. The van der Waals surface area contributed by atoms with Gasteiger partial charge in [-0.2, -0.15) is 0 Å². The number of anilines is 1. The van der Waals surface area contributed by atoms with Gasteiger partial charge in [0.25, 0.3) is 5.91 Å². The van der Waals surface area contributed by atoms with E-state index >= 15 is 0 Å². The minimum absolute atomic E-state index is 0.232. The van der Waals surface area contributed by atoms with Crippen molar-refractivity contribution in [3.63, 3.8) is 0 Å². The summed E-state index contributed by atoms with van der Waals surface area (Å²) in [5.74, 6) is -1.34. The molecule has 22 heavy (non-hydrogen) atoms. The average Bonchev–Trinajstić information content (AvgIpc) is 2.50. The third-order valence-electron chi connectivity index (χ3n) is 2.59. The molecule has 0 aromatic heterocycles. The summed E-state index contributed by atoms with van der Waals surface area (Å²) >= 11 is 0. The number of benzene rings is 1. The second-order valence-corrected chi connectivity index (χ2v) is 4.57. The zero-order valence-corrected chi connectivity index (χ0v) is 12.6. The number of rotatable bonds is 6. The molecule has 3 amide bonds. The molecule has 0 aliphatic rings. The van der Waals surface area contributed by atoms with Crippen LogP contribution in [0, 0.1) is 0 Å². The van der Waals surface area contributed by atoms with Gasteiger partial charge in [0.2, 0.25) is 0 Å². The van der Waals surface area contributed by atoms with Crippen LogP contribution in [0.3, 0.4) is 0 Å². The van der Waals surface area contributed by atoms with E-state index in [2.05, 4.69) is 11.9 Å². The number of nitrogens with zero attached hydrogens (tertiary/aromatic N) is 1. The molecule has 0 aliphatic heterocycles. The Morgan fingerprint density at radius 1 is 1.32 bits per heavy atom. The Hall–Kier alpha value is -2.83. The number of imide groups is 1. The fraction of sp³-hybridized carbons (Fsp3) is 0.267. The minimum Gasteiger partial charge on any atom is -0.452 e. The van der Waals surface area contributed by atoms with Crippen LogP contribution >= 0.6 is 0 Å². The molecule has 0 atom stereocenters. The van der Waals surface area contributed by atoms with Crippen molar-refractivity contribution in [3.05, 3.63) is 42.5 Å². The predicted molar refractivity (Wildman–Crippen MR) is 82.8 cm³/mol. The molecular formula is C15H19N3O4. The Balaban J connectivity index is 2.48. The van der Waals surface area contributed by atoms with Gasteiger partial charge >= 0.3 is 12.0 Å². The number of hydrogen-bond donors (Lipinski definition) is 2. The molecule has 118 valence electrons. The first-order chi connectivity index (χ1) is 10.4. The monoisotopic (exact) mass is 305 g/mol. The number of amides is 3. The maximum absolute atomic E-state index is 11.8. The van der Waals surface area contributed by atoms with Crippen molar-refractivity contribution in [1.29, 1.82) is 0 Å². The Labute approximate surface area is 128 Å². The summed E-state index contributed by atoms with van der Waals surface area (Å²) in [6, 6.07) is 6.12. The quantitative estimate of drug-likeness (QED) is 0.603. The molecule has 0 saturated heterocycles. The van der Waals surface area contributed by atoms with Crippen molar-refractivity contribution in [2.24, 2.45) is 0 Å². The van der Waals surface area contributed by atoms with Gasteiger partial charge in [-0.25, -0.2) is 9.59 Å². The summed E-state index contributed by atoms with van der Waals surface area (Å²) < 4.78 is 4.86. The zero-order chi connectivity index (χ0) is 16.5. The van der Waals surface area contributed by atoms with Crippen molar-refractivity contribution in [1.82, 2.24) is 10.6 Å². The topological polar surface area (TPSA) is 87.7 Å².